The summed E-state index contributed by atoms with van der Waals surface area (Å²) in [7, 11) is 0. The van der Waals surface area contributed by atoms with Crippen LogP contribution in [-0.4, -0.2) is 9.97 Å². The second-order valence-electron chi connectivity index (χ2n) is 4.85. The van der Waals surface area contributed by atoms with E-state index in [4.69, 9.17) is 4.42 Å². The fourth-order valence-corrected chi connectivity index (χ4v) is 2.87. The summed E-state index contributed by atoms with van der Waals surface area (Å²) >= 11 is 1.75. The van der Waals surface area contributed by atoms with Crippen LogP contribution < -0.4 is 5.32 Å². The number of rotatable bonds is 4. The van der Waals surface area contributed by atoms with Crippen molar-refractivity contribution in [3.05, 3.63) is 65.0 Å². The third-order valence-corrected chi connectivity index (χ3v) is 4.22. The van der Waals surface area contributed by atoms with Crippen molar-refractivity contribution in [2.75, 3.05) is 5.32 Å². The van der Waals surface area contributed by atoms with Gasteiger partial charge in [0, 0.05) is 28.9 Å². The van der Waals surface area contributed by atoms with Crippen LogP contribution in [-0.2, 0) is 6.54 Å². The molecule has 0 saturated carbocycles. The predicted octanol–water partition coefficient (Wildman–Crippen LogP) is 4.56. The summed E-state index contributed by atoms with van der Waals surface area (Å²) in [5, 5.41) is 5.48. The van der Waals surface area contributed by atoms with Gasteiger partial charge in [-0.25, -0.2) is 4.98 Å². The zero-order chi connectivity index (χ0) is 14.8. The Morgan fingerprint density at radius 3 is 2.73 bits per heavy atom. The second kappa shape index (κ2) is 5.61. The summed E-state index contributed by atoms with van der Waals surface area (Å²) in [6.07, 6.45) is 1.71. The van der Waals surface area contributed by atoms with Crippen LogP contribution in [0.1, 0.15) is 4.88 Å². The van der Waals surface area contributed by atoms with Gasteiger partial charge >= 0.3 is 0 Å². The minimum absolute atomic E-state index is 0.596. The summed E-state index contributed by atoms with van der Waals surface area (Å²) in [4.78, 5) is 9.90. The molecular weight excluding hydrogens is 294 g/mol. The van der Waals surface area contributed by atoms with Crippen molar-refractivity contribution in [1.82, 2.24) is 9.97 Å². The number of thiophene rings is 1. The molecule has 5 heteroatoms. The standard InChI is InChI=1S/C17H13N3OS/c1-4-15-16(18-9-1)20-17(21-15)12-5-7-13(8-6-12)19-11-14-3-2-10-22-14/h1-10,19H,11H2. The minimum Gasteiger partial charge on any atom is -0.434 e. The SMILES string of the molecule is c1csc(CNc2ccc(-c3nc4ncccc4o3)cc2)c1. The monoisotopic (exact) mass is 307 g/mol. The van der Waals surface area contributed by atoms with Crippen molar-refractivity contribution in [2.45, 2.75) is 6.54 Å². The van der Waals surface area contributed by atoms with E-state index in [-0.39, 0.29) is 0 Å². The van der Waals surface area contributed by atoms with Crippen molar-refractivity contribution in [2.24, 2.45) is 0 Å². The topological polar surface area (TPSA) is 51.0 Å². The third-order valence-electron chi connectivity index (χ3n) is 3.34. The van der Waals surface area contributed by atoms with Crippen LogP contribution in [0.4, 0.5) is 5.69 Å². The Labute approximate surface area is 131 Å². The molecular formula is C17H13N3OS. The Kier molecular flexibility index (Phi) is 3.33. The summed E-state index contributed by atoms with van der Waals surface area (Å²) < 4.78 is 5.72. The number of benzene rings is 1. The number of nitrogens with zero attached hydrogens (tertiary/aromatic N) is 2. The van der Waals surface area contributed by atoms with Crippen molar-refractivity contribution in [3.8, 4) is 11.5 Å². The fourth-order valence-electron chi connectivity index (χ4n) is 2.23. The van der Waals surface area contributed by atoms with Gasteiger partial charge in [0.1, 0.15) is 0 Å². The van der Waals surface area contributed by atoms with Crippen LogP contribution in [0.25, 0.3) is 22.7 Å². The second-order valence-corrected chi connectivity index (χ2v) is 5.89. The molecule has 3 heterocycles. The van der Waals surface area contributed by atoms with Crippen molar-refractivity contribution in [1.29, 1.82) is 0 Å². The predicted molar refractivity (Wildman–Crippen MR) is 88.9 cm³/mol. The van der Waals surface area contributed by atoms with E-state index in [1.807, 2.05) is 36.4 Å². The number of nitrogens with one attached hydrogen (secondary N) is 1. The lowest BCUT2D eigenvalue weighted by atomic mass is 10.2. The lowest BCUT2D eigenvalue weighted by molar-refractivity contribution is 0.619. The molecule has 22 heavy (non-hydrogen) atoms. The van der Waals surface area contributed by atoms with Gasteiger partial charge in [0.05, 0.1) is 0 Å². The lowest BCUT2D eigenvalue weighted by Gasteiger charge is -2.05. The molecule has 0 aliphatic heterocycles. The molecule has 0 saturated heterocycles. The van der Waals surface area contributed by atoms with E-state index in [2.05, 4.69) is 32.8 Å². The molecule has 0 bridgehead atoms. The third kappa shape index (κ3) is 2.58. The first-order valence-corrected chi connectivity index (χ1v) is 7.85. The van der Waals surface area contributed by atoms with E-state index in [0.29, 0.717) is 17.1 Å². The number of hydrogen-bond acceptors (Lipinski definition) is 5. The van der Waals surface area contributed by atoms with E-state index in [1.54, 1.807) is 17.5 Å². The fraction of sp³-hybridized carbons (Fsp3) is 0.0588. The first-order chi connectivity index (χ1) is 10.9. The lowest BCUT2D eigenvalue weighted by Crippen LogP contribution is -1.96. The highest BCUT2D eigenvalue weighted by Gasteiger charge is 2.08. The maximum atomic E-state index is 5.72. The molecule has 0 unspecified atom stereocenters. The molecule has 4 rings (SSSR count). The molecule has 0 radical (unpaired) electrons. The highest BCUT2D eigenvalue weighted by Crippen LogP contribution is 2.24. The maximum Gasteiger partial charge on any atom is 0.228 e. The highest BCUT2D eigenvalue weighted by atomic mass is 32.1. The largest absolute Gasteiger partial charge is 0.434 e. The maximum absolute atomic E-state index is 5.72. The van der Waals surface area contributed by atoms with Crippen molar-refractivity contribution < 1.29 is 4.42 Å². The molecule has 1 N–H and O–H groups in total. The highest BCUT2D eigenvalue weighted by molar-refractivity contribution is 7.09. The van der Waals surface area contributed by atoms with Crippen molar-refractivity contribution >= 4 is 28.3 Å². The van der Waals surface area contributed by atoms with E-state index < -0.39 is 0 Å². The molecule has 0 spiro atoms. The van der Waals surface area contributed by atoms with E-state index in [0.717, 1.165) is 17.8 Å². The van der Waals surface area contributed by atoms with Crippen LogP contribution in [0.2, 0.25) is 0 Å². The normalized spacial score (nSPS) is 10.9. The van der Waals surface area contributed by atoms with E-state index >= 15 is 0 Å². The Morgan fingerprint density at radius 1 is 1.05 bits per heavy atom. The zero-order valence-corrected chi connectivity index (χ0v) is 12.5. The molecule has 108 valence electrons. The number of pyridine rings is 1. The molecule has 1 aromatic carbocycles. The molecule has 3 aromatic heterocycles. The van der Waals surface area contributed by atoms with Gasteiger partial charge in [-0.15, -0.1) is 11.3 Å². The van der Waals surface area contributed by atoms with Gasteiger partial charge in [-0.2, -0.15) is 4.98 Å². The van der Waals surface area contributed by atoms with Gasteiger partial charge in [0.25, 0.3) is 0 Å². The Morgan fingerprint density at radius 2 is 1.95 bits per heavy atom. The Balaban J connectivity index is 1.53. The Bertz CT molecular complexity index is 849. The molecule has 0 amide bonds. The molecule has 4 aromatic rings. The number of hydrogen-bond donors (Lipinski definition) is 1. The first kappa shape index (κ1) is 13.0. The van der Waals surface area contributed by atoms with Crippen LogP contribution in [0, 0.1) is 0 Å². The van der Waals surface area contributed by atoms with Crippen LogP contribution >= 0.6 is 11.3 Å². The number of fused-ring (bicyclic) bond motifs is 1. The van der Waals surface area contributed by atoms with Crippen LogP contribution in [0.5, 0.6) is 0 Å². The smallest absolute Gasteiger partial charge is 0.228 e. The summed E-state index contributed by atoms with van der Waals surface area (Å²) in [6.45, 7) is 0.837. The molecule has 0 aliphatic carbocycles. The average Bonchev–Trinajstić information content (AvgIpc) is 3.22. The molecule has 4 nitrogen and oxygen atoms in total. The number of anilines is 1. The van der Waals surface area contributed by atoms with Gasteiger partial charge in [-0.3, -0.25) is 0 Å². The first-order valence-electron chi connectivity index (χ1n) is 6.97. The quantitative estimate of drug-likeness (QED) is 0.600. The van der Waals surface area contributed by atoms with Crippen molar-refractivity contribution in [3.63, 3.8) is 0 Å². The summed E-state index contributed by atoms with van der Waals surface area (Å²) in [5.74, 6) is 0.596. The average molecular weight is 307 g/mol. The van der Waals surface area contributed by atoms with Gasteiger partial charge in [0.15, 0.2) is 11.2 Å². The van der Waals surface area contributed by atoms with Crippen LogP contribution in [0.15, 0.2) is 64.5 Å². The van der Waals surface area contributed by atoms with Gasteiger partial charge in [-0.05, 0) is 47.8 Å². The number of aromatic nitrogens is 2. The molecule has 0 fully saturated rings. The summed E-state index contributed by atoms with van der Waals surface area (Å²) in [5.41, 5.74) is 3.36. The van der Waals surface area contributed by atoms with Crippen LogP contribution in [0.3, 0.4) is 0 Å². The van der Waals surface area contributed by atoms with E-state index in [9.17, 15) is 0 Å². The van der Waals surface area contributed by atoms with Gasteiger partial charge in [-0.1, -0.05) is 6.07 Å². The van der Waals surface area contributed by atoms with Gasteiger partial charge < -0.3 is 9.73 Å². The Hall–Kier alpha value is -2.66. The molecule has 0 atom stereocenters. The van der Waals surface area contributed by atoms with Gasteiger partial charge in [0.2, 0.25) is 5.89 Å². The minimum atomic E-state index is 0.596. The zero-order valence-electron chi connectivity index (χ0n) is 11.7. The molecule has 0 aliphatic rings. The van der Waals surface area contributed by atoms with E-state index in [1.165, 1.54) is 4.88 Å². The summed E-state index contributed by atoms with van der Waals surface area (Å²) in [6, 6.07) is 16.0. The number of oxazole rings is 1.